The lowest BCUT2D eigenvalue weighted by molar-refractivity contribution is -0.113. The van der Waals surface area contributed by atoms with Gasteiger partial charge in [0.25, 0.3) is 5.91 Å². The van der Waals surface area contributed by atoms with Gasteiger partial charge >= 0.3 is 0 Å². The fourth-order valence-corrected chi connectivity index (χ4v) is 4.12. The predicted octanol–water partition coefficient (Wildman–Crippen LogP) is 4.84. The summed E-state index contributed by atoms with van der Waals surface area (Å²) >= 11 is 13.1. The first kappa shape index (κ1) is 24.9. The van der Waals surface area contributed by atoms with E-state index < -0.39 is 0 Å². The zero-order valence-electron chi connectivity index (χ0n) is 18.3. The summed E-state index contributed by atoms with van der Waals surface area (Å²) in [5, 5.41) is 15.5. The lowest BCUT2D eigenvalue weighted by Crippen LogP contribution is -2.28. The van der Waals surface area contributed by atoms with Crippen molar-refractivity contribution in [2.24, 2.45) is 0 Å². The zero-order chi connectivity index (χ0) is 24.0. The van der Waals surface area contributed by atoms with Crippen molar-refractivity contribution in [2.45, 2.75) is 31.6 Å². The summed E-state index contributed by atoms with van der Waals surface area (Å²) in [6.45, 7) is 4.37. The molecule has 0 radical (unpaired) electrons. The molecular weight excluding hydrogens is 485 g/mol. The first-order chi connectivity index (χ1) is 15.8. The van der Waals surface area contributed by atoms with Crippen LogP contribution in [0, 0.1) is 0 Å². The van der Waals surface area contributed by atoms with Crippen LogP contribution in [-0.2, 0) is 11.3 Å². The third kappa shape index (κ3) is 6.40. The SMILES string of the molecule is CCn1c(SCC(=O)Nc2ccc(Cl)c(Cl)c2)nnc1[C@@H](C)NC(=O)c1ccc(OC)cc1. The summed E-state index contributed by atoms with van der Waals surface area (Å²) in [4.78, 5) is 24.9. The van der Waals surface area contributed by atoms with E-state index in [1.165, 1.54) is 11.8 Å². The maximum absolute atomic E-state index is 12.6. The van der Waals surface area contributed by atoms with E-state index in [2.05, 4.69) is 20.8 Å². The summed E-state index contributed by atoms with van der Waals surface area (Å²) in [7, 11) is 1.57. The molecule has 0 spiro atoms. The normalized spacial score (nSPS) is 11.7. The highest BCUT2D eigenvalue weighted by Gasteiger charge is 2.20. The Morgan fingerprint density at radius 1 is 1.12 bits per heavy atom. The molecule has 33 heavy (non-hydrogen) atoms. The minimum Gasteiger partial charge on any atom is -0.497 e. The highest BCUT2D eigenvalue weighted by atomic mass is 35.5. The molecule has 3 aromatic rings. The number of hydrogen-bond acceptors (Lipinski definition) is 6. The highest BCUT2D eigenvalue weighted by Crippen LogP contribution is 2.26. The average Bonchev–Trinajstić information content (AvgIpc) is 3.23. The number of methoxy groups -OCH3 is 1. The van der Waals surface area contributed by atoms with Crippen LogP contribution < -0.4 is 15.4 Å². The Bertz CT molecular complexity index is 1140. The number of nitrogens with zero attached hydrogens (tertiary/aromatic N) is 3. The second-order valence-electron chi connectivity index (χ2n) is 6.97. The summed E-state index contributed by atoms with van der Waals surface area (Å²) < 4.78 is 6.99. The molecule has 0 saturated carbocycles. The number of thioether (sulfide) groups is 1. The molecule has 8 nitrogen and oxygen atoms in total. The standard InChI is InChI=1S/C22H23Cl2N5O3S/c1-4-29-20(13(2)25-21(31)14-5-8-16(32-3)9-6-14)27-28-22(29)33-12-19(30)26-15-7-10-17(23)18(24)11-15/h5-11,13H,4,12H2,1-3H3,(H,25,31)(H,26,30)/t13-/m1/s1. The van der Waals surface area contributed by atoms with Crippen molar-refractivity contribution in [2.75, 3.05) is 18.2 Å². The fourth-order valence-electron chi connectivity index (χ4n) is 3.01. The molecule has 1 atom stereocenters. The Balaban J connectivity index is 1.61. The number of carbonyl (C=O) groups excluding carboxylic acids is 2. The lowest BCUT2D eigenvalue weighted by atomic mass is 10.2. The molecule has 0 saturated heterocycles. The van der Waals surface area contributed by atoms with E-state index >= 15 is 0 Å². The van der Waals surface area contributed by atoms with Crippen molar-refractivity contribution in [1.82, 2.24) is 20.1 Å². The molecular formula is C22H23Cl2N5O3S. The van der Waals surface area contributed by atoms with Crippen molar-refractivity contribution >= 4 is 52.5 Å². The minimum atomic E-state index is -0.383. The molecule has 2 amide bonds. The number of carbonyl (C=O) groups is 2. The van der Waals surface area contributed by atoms with E-state index in [9.17, 15) is 9.59 Å². The third-order valence-electron chi connectivity index (χ3n) is 4.68. The third-order valence-corrected chi connectivity index (χ3v) is 6.39. The Morgan fingerprint density at radius 3 is 2.48 bits per heavy atom. The molecule has 0 bridgehead atoms. The van der Waals surface area contributed by atoms with Crippen molar-refractivity contribution in [1.29, 1.82) is 0 Å². The summed E-state index contributed by atoms with van der Waals surface area (Å²) in [6.07, 6.45) is 0. The number of ether oxygens (including phenoxy) is 1. The largest absolute Gasteiger partial charge is 0.497 e. The fraction of sp³-hybridized carbons (Fsp3) is 0.273. The number of halogens is 2. The zero-order valence-corrected chi connectivity index (χ0v) is 20.6. The van der Waals surface area contributed by atoms with Gasteiger partial charge in [0.1, 0.15) is 5.75 Å². The number of rotatable bonds is 9. The Hall–Kier alpha value is -2.75. The number of amides is 2. The van der Waals surface area contributed by atoms with Crippen LogP contribution in [0.1, 0.15) is 36.1 Å². The second-order valence-corrected chi connectivity index (χ2v) is 8.73. The van der Waals surface area contributed by atoms with Crippen molar-refractivity contribution in [3.05, 3.63) is 63.9 Å². The van der Waals surface area contributed by atoms with Gasteiger partial charge in [-0.1, -0.05) is 35.0 Å². The van der Waals surface area contributed by atoms with Crippen LogP contribution in [0.2, 0.25) is 10.0 Å². The molecule has 0 unspecified atom stereocenters. The Labute approximate surface area is 206 Å². The first-order valence-corrected chi connectivity index (χ1v) is 11.8. The number of benzene rings is 2. The van der Waals surface area contributed by atoms with Crippen LogP contribution in [0.3, 0.4) is 0 Å². The number of aromatic nitrogens is 3. The van der Waals surface area contributed by atoms with Crippen LogP contribution in [0.15, 0.2) is 47.6 Å². The lowest BCUT2D eigenvalue weighted by Gasteiger charge is -2.15. The topological polar surface area (TPSA) is 98.1 Å². The molecule has 174 valence electrons. The maximum atomic E-state index is 12.6. The van der Waals surface area contributed by atoms with Gasteiger partial charge in [-0.25, -0.2) is 0 Å². The molecule has 1 aromatic heterocycles. The van der Waals surface area contributed by atoms with Gasteiger partial charge in [-0.2, -0.15) is 0 Å². The summed E-state index contributed by atoms with van der Waals surface area (Å²) in [5.74, 6) is 0.963. The molecule has 11 heteroatoms. The summed E-state index contributed by atoms with van der Waals surface area (Å²) in [6, 6.07) is 11.3. The van der Waals surface area contributed by atoms with Gasteiger partial charge in [-0.3, -0.25) is 9.59 Å². The molecule has 3 rings (SSSR count). The molecule has 2 N–H and O–H groups in total. The van der Waals surface area contributed by atoms with Gasteiger partial charge in [0.2, 0.25) is 5.91 Å². The quantitative estimate of drug-likeness (QED) is 0.402. The monoisotopic (exact) mass is 507 g/mol. The molecule has 0 fully saturated rings. The van der Waals surface area contributed by atoms with E-state index in [0.29, 0.717) is 44.6 Å². The van der Waals surface area contributed by atoms with Gasteiger partial charge in [0.15, 0.2) is 11.0 Å². The van der Waals surface area contributed by atoms with Crippen LogP contribution in [-0.4, -0.2) is 39.4 Å². The number of nitrogens with one attached hydrogen (secondary N) is 2. The van der Waals surface area contributed by atoms with Crippen LogP contribution in [0.4, 0.5) is 5.69 Å². The van der Waals surface area contributed by atoms with Crippen molar-refractivity contribution in [3.8, 4) is 5.75 Å². The van der Waals surface area contributed by atoms with E-state index in [1.54, 1.807) is 49.6 Å². The van der Waals surface area contributed by atoms with E-state index in [-0.39, 0.29) is 23.6 Å². The smallest absolute Gasteiger partial charge is 0.251 e. The van der Waals surface area contributed by atoms with Crippen molar-refractivity contribution < 1.29 is 14.3 Å². The molecule has 0 aliphatic carbocycles. The van der Waals surface area contributed by atoms with Crippen molar-refractivity contribution in [3.63, 3.8) is 0 Å². The van der Waals surface area contributed by atoms with Crippen LogP contribution >= 0.6 is 35.0 Å². The first-order valence-electron chi connectivity index (χ1n) is 10.1. The van der Waals surface area contributed by atoms with Crippen LogP contribution in [0.25, 0.3) is 0 Å². The van der Waals surface area contributed by atoms with E-state index in [1.807, 2.05) is 18.4 Å². The average molecular weight is 508 g/mol. The molecule has 1 heterocycles. The van der Waals surface area contributed by atoms with Gasteiger partial charge < -0.3 is 19.9 Å². The minimum absolute atomic E-state index is 0.130. The number of anilines is 1. The molecule has 2 aromatic carbocycles. The van der Waals surface area contributed by atoms with Gasteiger partial charge in [0.05, 0.1) is 28.9 Å². The predicted molar refractivity (Wildman–Crippen MR) is 130 cm³/mol. The maximum Gasteiger partial charge on any atom is 0.251 e. The second kappa shape index (κ2) is 11.4. The Kier molecular flexibility index (Phi) is 8.60. The number of hydrogen-bond donors (Lipinski definition) is 2. The molecule has 0 aliphatic heterocycles. The van der Waals surface area contributed by atoms with Gasteiger partial charge in [0, 0.05) is 17.8 Å². The summed E-state index contributed by atoms with van der Waals surface area (Å²) in [5.41, 5.74) is 1.07. The molecule has 0 aliphatic rings. The Morgan fingerprint density at radius 2 is 1.85 bits per heavy atom. The van der Waals surface area contributed by atoms with Crippen LogP contribution in [0.5, 0.6) is 5.75 Å². The highest BCUT2D eigenvalue weighted by molar-refractivity contribution is 7.99. The van der Waals surface area contributed by atoms with Gasteiger partial charge in [-0.05, 0) is 56.3 Å². The van der Waals surface area contributed by atoms with E-state index in [0.717, 1.165) is 0 Å². The van der Waals surface area contributed by atoms with E-state index in [4.69, 9.17) is 27.9 Å². The van der Waals surface area contributed by atoms with Gasteiger partial charge in [-0.15, -0.1) is 10.2 Å².